The van der Waals surface area contributed by atoms with Crippen LogP contribution in [-0.4, -0.2) is 31.5 Å². The molecule has 0 aliphatic heterocycles. The normalized spacial score (nSPS) is 12.2. The van der Waals surface area contributed by atoms with Gasteiger partial charge in [-0.1, -0.05) is 12.1 Å². The summed E-state index contributed by atoms with van der Waals surface area (Å²) in [7, 11) is -1.87. The van der Waals surface area contributed by atoms with Gasteiger partial charge in [0, 0.05) is 13.6 Å². The Labute approximate surface area is 71.0 Å². The highest BCUT2D eigenvalue weighted by Crippen LogP contribution is 2.11. The van der Waals surface area contributed by atoms with Crippen molar-refractivity contribution < 1.29 is 12.9 Å². The molecule has 1 rings (SSSR count). The Morgan fingerprint density at radius 1 is 1.67 bits per heavy atom. The van der Waals surface area contributed by atoms with Crippen molar-refractivity contribution in [1.29, 1.82) is 0 Å². The highest BCUT2D eigenvalue weighted by Gasteiger charge is 2.20. The molecule has 5 nitrogen and oxygen atoms in total. The van der Waals surface area contributed by atoms with E-state index in [1.165, 1.54) is 17.5 Å². The molecule has 0 N–H and O–H groups in total. The van der Waals surface area contributed by atoms with E-state index >= 15 is 0 Å². The fraction of sp³-hybridized carbons (Fsp3) is 0.500. The summed E-state index contributed by atoms with van der Waals surface area (Å²) in [6.45, 7) is 2.18. The van der Waals surface area contributed by atoms with Crippen LogP contribution in [0.4, 0.5) is 0 Å². The molecule has 0 atom stereocenters. The Morgan fingerprint density at radius 3 is 2.75 bits per heavy atom. The molecule has 0 aliphatic carbocycles. The van der Waals surface area contributed by atoms with Gasteiger partial charge in [-0.15, -0.1) is 0 Å². The molecular weight excluding hydrogens is 180 g/mol. The smallest absolute Gasteiger partial charge is 0.247 e. The number of hydrogen-bond donors (Lipinski definition) is 0. The standard InChI is InChI=1S/C6H10N2O3S/c1-3-8(2)12(9,10)6-4-7-11-5-6/h4-5H,3H2,1-2H3. The average molecular weight is 190 g/mol. The lowest BCUT2D eigenvalue weighted by molar-refractivity contribution is 0.416. The van der Waals surface area contributed by atoms with E-state index in [1.54, 1.807) is 6.92 Å². The van der Waals surface area contributed by atoms with Crippen LogP contribution in [0.2, 0.25) is 0 Å². The highest BCUT2D eigenvalue weighted by atomic mass is 32.2. The number of hydrogen-bond acceptors (Lipinski definition) is 4. The first-order chi connectivity index (χ1) is 5.59. The van der Waals surface area contributed by atoms with Crippen LogP contribution < -0.4 is 0 Å². The second kappa shape index (κ2) is 3.24. The maximum absolute atomic E-state index is 11.5. The van der Waals surface area contributed by atoms with Gasteiger partial charge in [0.15, 0.2) is 0 Å². The van der Waals surface area contributed by atoms with Crippen molar-refractivity contribution in [1.82, 2.24) is 9.46 Å². The molecule has 1 heterocycles. The quantitative estimate of drug-likeness (QED) is 0.688. The van der Waals surface area contributed by atoms with Crippen LogP contribution in [0.5, 0.6) is 0 Å². The lowest BCUT2D eigenvalue weighted by Gasteiger charge is -2.11. The SMILES string of the molecule is CCN(C)S(=O)(=O)c1cnoc1. The van der Waals surface area contributed by atoms with E-state index in [4.69, 9.17) is 0 Å². The Hall–Kier alpha value is -0.880. The van der Waals surface area contributed by atoms with Gasteiger partial charge in [0.2, 0.25) is 10.0 Å². The first-order valence-electron chi connectivity index (χ1n) is 3.44. The van der Waals surface area contributed by atoms with E-state index in [1.807, 2.05) is 0 Å². The Kier molecular flexibility index (Phi) is 2.49. The van der Waals surface area contributed by atoms with Gasteiger partial charge in [-0.2, -0.15) is 0 Å². The molecule has 0 spiro atoms. The van der Waals surface area contributed by atoms with Gasteiger partial charge in [0.25, 0.3) is 0 Å². The van der Waals surface area contributed by atoms with Crippen molar-refractivity contribution >= 4 is 10.0 Å². The van der Waals surface area contributed by atoms with Gasteiger partial charge in [-0.05, 0) is 0 Å². The lowest BCUT2D eigenvalue weighted by Crippen LogP contribution is -2.26. The largest absolute Gasteiger partial charge is 0.363 e. The Morgan fingerprint density at radius 2 is 2.33 bits per heavy atom. The summed E-state index contributed by atoms with van der Waals surface area (Å²) in [5, 5.41) is 3.32. The molecule has 6 heteroatoms. The zero-order valence-corrected chi connectivity index (χ0v) is 7.71. The molecule has 0 bridgehead atoms. The van der Waals surface area contributed by atoms with E-state index in [0.717, 1.165) is 6.26 Å². The van der Waals surface area contributed by atoms with Crippen LogP contribution in [0.15, 0.2) is 21.9 Å². The minimum Gasteiger partial charge on any atom is -0.363 e. The average Bonchev–Trinajstić information content (AvgIpc) is 2.55. The van der Waals surface area contributed by atoms with Crippen LogP contribution in [0, 0.1) is 0 Å². The van der Waals surface area contributed by atoms with Crippen LogP contribution in [0.1, 0.15) is 6.92 Å². The first-order valence-corrected chi connectivity index (χ1v) is 4.88. The zero-order valence-electron chi connectivity index (χ0n) is 6.89. The predicted octanol–water partition coefficient (Wildman–Crippen LogP) is 0.315. The topological polar surface area (TPSA) is 63.4 Å². The van der Waals surface area contributed by atoms with E-state index in [0.29, 0.717) is 6.54 Å². The van der Waals surface area contributed by atoms with Gasteiger partial charge in [0.1, 0.15) is 11.2 Å². The van der Waals surface area contributed by atoms with Gasteiger partial charge < -0.3 is 4.52 Å². The summed E-state index contributed by atoms with van der Waals surface area (Å²) in [5.74, 6) is 0. The van der Waals surface area contributed by atoms with Gasteiger partial charge in [-0.3, -0.25) is 0 Å². The third-order valence-corrected chi connectivity index (χ3v) is 3.44. The molecule has 1 aromatic rings. The molecule has 0 radical (unpaired) electrons. The maximum Gasteiger partial charge on any atom is 0.247 e. The molecule has 0 saturated carbocycles. The van der Waals surface area contributed by atoms with Crippen molar-refractivity contribution in [3.05, 3.63) is 12.5 Å². The summed E-state index contributed by atoms with van der Waals surface area (Å²) in [6.07, 6.45) is 2.29. The number of sulfonamides is 1. The van der Waals surface area contributed by atoms with E-state index in [2.05, 4.69) is 9.68 Å². The number of nitrogens with zero attached hydrogens (tertiary/aromatic N) is 2. The molecule has 12 heavy (non-hydrogen) atoms. The Balaban J connectivity index is 3.03. The van der Waals surface area contributed by atoms with Crippen LogP contribution in [0.3, 0.4) is 0 Å². The summed E-state index contributed by atoms with van der Waals surface area (Å²) >= 11 is 0. The highest BCUT2D eigenvalue weighted by molar-refractivity contribution is 7.89. The molecule has 0 amide bonds. The number of aromatic nitrogens is 1. The third-order valence-electron chi connectivity index (χ3n) is 1.56. The summed E-state index contributed by atoms with van der Waals surface area (Å²) < 4.78 is 28.6. The monoisotopic (exact) mass is 190 g/mol. The molecule has 0 fully saturated rings. The van der Waals surface area contributed by atoms with Crippen molar-refractivity contribution in [2.45, 2.75) is 11.8 Å². The zero-order chi connectivity index (χ0) is 9.19. The fourth-order valence-corrected chi connectivity index (χ4v) is 1.71. The van der Waals surface area contributed by atoms with Crippen molar-refractivity contribution in [2.75, 3.05) is 13.6 Å². The third kappa shape index (κ3) is 1.49. The van der Waals surface area contributed by atoms with E-state index < -0.39 is 10.0 Å². The molecule has 0 aliphatic rings. The molecule has 0 aromatic carbocycles. The number of rotatable bonds is 3. The van der Waals surface area contributed by atoms with Gasteiger partial charge in [0.05, 0.1) is 6.20 Å². The second-order valence-electron chi connectivity index (χ2n) is 2.28. The first kappa shape index (κ1) is 9.21. The van der Waals surface area contributed by atoms with Crippen molar-refractivity contribution in [3.63, 3.8) is 0 Å². The minimum absolute atomic E-state index is 0.0897. The molecule has 0 unspecified atom stereocenters. The van der Waals surface area contributed by atoms with Gasteiger partial charge >= 0.3 is 0 Å². The van der Waals surface area contributed by atoms with Crippen molar-refractivity contribution in [3.8, 4) is 0 Å². The fourth-order valence-electron chi connectivity index (χ4n) is 0.672. The predicted molar refractivity (Wildman–Crippen MR) is 42.0 cm³/mol. The lowest BCUT2D eigenvalue weighted by atomic mass is 10.8. The van der Waals surface area contributed by atoms with E-state index in [-0.39, 0.29) is 4.90 Å². The van der Waals surface area contributed by atoms with Crippen molar-refractivity contribution in [2.24, 2.45) is 0 Å². The van der Waals surface area contributed by atoms with Crippen LogP contribution in [0.25, 0.3) is 0 Å². The summed E-state index contributed by atoms with van der Waals surface area (Å²) in [5.41, 5.74) is 0. The van der Waals surface area contributed by atoms with Gasteiger partial charge in [-0.25, -0.2) is 12.7 Å². The molecule has 0 saturated heterocycles. The van der Waals surface area contributed by atoms with Crippen LogP contribution >= 0.6 is 0 Å². The van der Waals surface area contributed by atoms with Crippen LogP contribution in [-0.2, 0) is 10.0 Å². The summed E-state index contributed by atoms with van der Waals surface area (Å²) in [4.78, 5) is 0.0897. The summed E-state index contributed by atoms with van der Waals surface area (Å²) in [6, 6.07) is 0. The minimum atomic E-state index is -3.37. The molecular formula is C6H10N2O3S. The Bertz CT molecular complexity index is 330. The second-order valence-corrected chi connectivity index (χ2v) is 4.32. The van der Waals surface area contributed by atoms with E-state index in [9.17, 15) is 8.42 Å². The molecule has 1 aromatic heterocycles. The molecule has 68 valence electrons. The maximum atomic E-state index is 11.5.